The Bertz CT molecular complexity index is 1400. The number of hydrogen-bond donors (Lipinski definition) is 0. The molecule has 4 aromatic carbocycles. The van der Waals surface area contributed by atoms with Gasteiger partial charge in [0.2, 0.25) is 0 Å². The first-order valence-corrected chi connectivity index (χ1v) is 13.7. The molecule has 0 spiro atoms. The molecule has 0 heteroatoms. The van der Waals surface area contributed by atoms with Crippen molar-refractivity contribution in [3.63, 3.8) is 0 Å². The van der Waals surface area contributed by atoms with E-state index in [4.69, 9.17) is 0 Å². The lowest BCUT2D eigenvalue weighted by atomic mass is 9.68. The van der Waals surface area contributed by atoms with E-state index in [2.05, 4.69) is 133 Å². The van der Waals surface area contributed by atoms with Gasteiger partial charge in [0.15, 0.2) is 0 Å². The van der Waals surface area contributed by atoms with Crippen molar-refractivity contribution in [2.75, 3.05) is 0 Å². The topological polar surface area (TPSA) is 0 Å². The third-order valence-electron chi connectivity index (χ3n) is 9.08. The maximum absolute atomic E-state index is 2.50. The Morgan fingerprint density at radius 2 is 1.31 bits per heavy atom. The SMILES string of the molecule is CCC(C)(C)c1ccc2c(-c3ccccc3)c3c(c(-c4ccccc4)c2c1)C=CC(C(C)(C)CC)C3. The van der Waals surface area contributed by atoms with Gasteiger partial charge in [-0.1, -0.05) is 133 Å². The van der Waals surface area contributed by atoms with Crippen molar-refractivity contribution in [3.8, 4) is 22.3 Å². The standard InChI is InChI=1S/C36H40/c1-7-35(3,4)27-19-21-29-31(23-27)33(25-15-11-9-12-16-25)30-22-20-28(36(5,6)8-2)24-32(30)34(29)26-17-13-10-14-18-26/h9-23,28H,7-8,24H2,1-6H3. The molecule has 0 saturated heterocycles. The molecular weight excluding hydrogens is 432 g/mol. The molecule has 0 saturated carbocycles. The Kier molecular flexibility index (Phi) is 6.41. The zero-order valence-electron chi connectivity index (χ0n) is 22.9. The molecule has 0 fully saturated rings. The molecule has 0 heterocycles. The summed E-state index contributed by atoms with van der Waals surface area (Å²) in [5.74, 6) is 0.525. The fraction of sp³-hybridized carbons (Fsp3) is 0.333. The largest absolute Gasteiger partial charge is 0.0799 e. The lowest BCUT2D eigenvalue weighted by Gasteiger charge is -2.36. The summed E-state index contributed by atoms with van der Waals surface area (Å²) in [6.45, 7) is 14.2. The van der Waals surface area contributed by atoms with Gasteiger partial charge in [-0.15, -0.1) is 0 Å². The smallest absolute Gasteiger partial charge is 0.00296 e. The van der Waals surface area contributed by atoms with Crippen LogP contribution in [0, 0.1) is 11.3 Å². The Balaban J connectivity index is 1.91. The molecule has 1 unspecified atom stereocenters. The van der Waals surface area contributed by atoms with Crippen molar-refractivity contribution in [1.29, 1.82) is 0 Å². The van der Waals surface area contributed by atoms with Gasteiger partial charge in [0.1, 0.15) is 0 Å². The molecule has 0 nitrogen and oxygen atoms in total. The fourth-order valence-corrected chi connectivity index (χ4v) is 5.73. The molecule has 36 heavy (non-hydrogen) atoms. The van der Waals surface area contributed by atoms with Crippen molar-refractivity contribution < 1.29 is 0 Å². The summed E-state index contributed by atoms with van der Waals surface area (Å²) in [5, 5.41) is 2.74. The maximum Gasteiger partial charge on any atom is -0.00296 e. The van der Waals surface area contributed by atoms with Crippen LogP contribution in [0.15, 0.2) is 84.9 Å². The van der Waals surface area contributed by atoms with Gasteiger partial charge in [-0.25, -0.2) is 0 Å². The van der Waals surface area contributed by atoms with Gasteiger partial charge in [0.25, 0.3) is 0 Å². The second kappa shape index (κ2) is 9.40. The van der Waals surface area contributed by atoms with Crippen LogP contribution in [0.25, 0.3) is 39.1 Å². The van der Waals surface area contributed by atoms with Gasteiger partial charge in [-0.3, -0.25) is 0 Å². The summed E-state index contributed by atoms with van der Waals surface area (Å²) in [5.41, 5.74) is 10.2. The molecule has 4 aromatic rings. The van der Waals surface area contributed by atoms with Crippen LogP contribution in [-0.2, 0) is 11.8 Å². The first-order chi connectivity index (χ1) is 17.3. The number of allylic oxidation sites excluding steroid dienone is 1. The fourth-order valence-electron chi connectivity index (χ4n) is 5.73. The summed E-state index contributed by atoms with van der Waals surface area (Å²) in [4.78, 5) is 0. The highest BCUT2D eigenvalue weighted by Crippen LogP contribution is 2.48. The van der Waals surface area contributed by atoms with Gasteiger partial charge in [0, 0.05) is 0 Å². The van der Waals surface area contributed by atoms with Gasteiger partial charge in [0.05, 0.1) is 0 Å². The Hall–Kier alpha value is -3.12. The minimum Gasteiger partial charge on any atom is -0.0799 e. The van der Waals surface area contributed by atoms with Crippen LogP contribution in [0.5, 0.6) is 0 Å². The third kappa shape index (κ3) is 4.21. The van der Waals surface area contributed by atoms with E-state index >= 15 is 0 Å². The van der Waals surface area contributed by atoms with Gasteiger partial charge >= 0.3 is 0 Å². The molecule has 0 aromatic heterocycles. The normalized spacial score (nSPS) is 15.8. The predicted molar refractivity (Wildman–Crippen MR) is 158 cm³/mol. The van der Waals surface area contributed by atoms with Crippen molar-refractivity contribution >= 4 is 16.8 Å². The molecule has 1 aliphatic rings. The molecular formula is C36H40. The van der Waals surface area contributed by atoms with Crippen molar-refractivity contribution in [1.82, 2.24) is 0 Å². The molecule has 0 amide bonds. The highest BCUT2D eigenvalue weighted by molar-refractivity contribution is 6.10. The van der Waals surface area contributed by atoms with E-state index in [1.807, 2.05) is 0 Å². The van der Waals surface area contributed by atoms with Crippen LogP contribution >= 0.6 is 0 Å². The van der Waals surface area contributed by atoms with Crippen LogP contribution in [0.4, 0.5) is 0 Å². The number of fused-ring (bicyclic) bond motifs is 2. The van der Waals surface area contributed by atoms with Gasteiger partial charge < -0.3 is 0 Å². The zero-order chi connectivity index (χ0) is 25.5. The van der Waals surface area contributed by atoms with Crippen molar-refractivity contribution in [2.24, 2.45) is 11.3 Å². The first kappa shape index (κ1) is 24.6. The number of hydrogen-bond acceptors (Lipinski definition) is 0. The molecule has 5 rings (SSSR count). The lowest BCUT2D eigenvalue weighted by molar-refractivity contribution is 0.247. The highest BCUT2D eigenvalue weighted by Gasteiger charge is 2.32. The van der Waals surface area contributed by atoms with Gasteiger partial charge in [-0.2, -0.15) is 0 Å². The van der Waals surface area contributed by atoms with E-state index in [-0.39, 0.29) is 10.8 Å². The molecule has 0 bridgehead atoms. The maximum atomic E-state index is 2.50. The molecule has 0 N–H and O–H groups in total. The second-order valence-corrected chi connectivity index (χ2v) is 11.9. The summed E-state index contributed by atoms with van der Waals surface area (Å²) in [6, 6.07) is 29.4. The summed E-state index contributed by atoms with van der Waals surface area (Å²) < 4.78 is 0. The summed E-state index contributed by atoms with van der Waals surface area (Å²) >= 11 is 0. The summed E-state index contributed by atoms with van der Waals surface area (Å²) in [7, 11) is 0. The van der Waals surface area contributed by atoms with Crippen LogP contribution in [0.3, 0.4) is 0 Å². The van der Waals surface area contributed by atoms with Crippen LogP contribution in [-0.4, -0.2) is 0 Å². The highest BCUT2D eigenvalue weighted by atomic mass is 14.4. The van der Waals surface area contributed by atoms with E-state index in [1.54, 1.807) is 0 Å². The Labute approximate surface area is 218 Å². The number of rotatable bonds is 6. The lowest BCUT2D eigenvalue weighted by Crippen LogP contribution is -2.26. The van der Waals surface area contributed by atoms with E-state index < -0.39 is 0 Å². The van der Waals surface area contributed by atoms with E-state index in [9.17, 15) is 0 Å². The summed E-state index contributed by atoms with van der Waals surface area (Å²) in [6.07, 6.45) is 8.32. The third-order valence-corrected chi connectivity index (χ3v) is 9.08. The average Bonchev–Trinajstić information content (AvgIpc) is 2.91. The second-order valence-electron chi connectivity index (χ2n) is 11.9. The molecule has 1 atom stereocenters. The molecule has 0 aliphatic heterocycles. The van der Waals surface area contributed by atoms with Crippen LogP contribution in [0.2, 0.25) is 0 Å². The number of benzene rings is 4. The predicted octanol–water partition coefficient (Wildman–Crippen LogP) is 10.5. The monoisotopic (exact) mass is 472 g/mol. The van der Waals surface area contributed by atoms with E-state index in [0.717, 1.165) is 12.8 Å². The first-order valence-electron chi connectivity index (χ1n) is 13.7. The van der Waals surface area contributed by atoms with E-state index in [0.29, 0.717) is 5.92 Å². The Morgan fingerprint density at radius 3 is 1.89 bits per heavy atom. The van der Waals surface area contributed by atoms with Gasteiger partial charge in [-0.05, 0) is 85.4 Å². The Morgan fingerprint density at radius 1 is 0.694 bits per heavy atom. The minimum atomic E-state index is 0.136. The average molecular weight is 473 g/mol. The quantitative estimate of drug-likeness (QED) is 0.262. The zero-order valence-corrected chi connectivity index (χ0v) is 22.9. The van der Waals surface area contributed by atoms with Crippen LogP contribution < -0.4 is 0 Å². The molecule has 0 radical (unpaired) electrons. The van der Waals surface area contributed by atoms with Crippen molar-refractivity contribution in [2.45, 2.75) is 66.2 Å². The van der Waals surface area contributed by atoms with E-state index in [1.165, 1.54) is 56.1 Å². The minimum absolute atomic E-state index is 0.136. The van der Waals surface area contributed by atoms with Crippen LogP contribution in [0.1, 0.15) is 71.1 Å². The molecule has 184 valence electrons. The molecule has 1 aliphatic carbocycles. The van der Waals surface area contributed by atoms with Crippen molar-refractivity contribution in [3.05, 3.63) is 102 Å².